The maximum atomic E-state index is 6.02. The Bertz CT molecular complexity index is 658. The molecule has 2 aromatic carbocycles. The Labute approximate surface area is 140 Å². The third kappa shape index (κ3) is 4.10. The summed E-state index contributed by atoms with van der Waals surface area (Å²) in [5.41, 5.74) is 3.08. The lowest BCUT2D eigenvalue weighted by Gasteiger charge is -2.25. The molecule has 110 valence electrons. The molecule has 0 fully saturated rings. The van der Waals surface area contributed by atoms with E-state index in [4.69, 9.17) is 35.4 Å². The zero-order valence-corrected chi connectivity index (χ0v) is 14.2. The summed E-state index contributed by atoms with van der Waals surface area (Å²) in [6.45, 7) is 4.90. The lowest BCUT2D eigenvalue weighted by Crippen LogP contribution is -2.34. The average Bonchev–Trinajstić information content (AvgIpc) is 2.44. The van der Waals surface area contributed by atoms with Crippen molar-refractivity contribution in [2.75, 3.05) is 16.8 Å². The van der Waals surface area contributed by atoms with Gasteiger partial charge in [0.25, 0.3) is 0 Å². The molecule has 0 aromatic heterocycles. The fourth-order valence-electron chi connectivity index (χ4n) is 2.00. The van der Waals surface area contributed by atoms with Crippen LogP contribution in [0.4, 0.5) is 11.4 Å². The number of anilines is 2. The number of hydrogen-bond donors (Lipinski definition) is 1. The summed E-state index contributed by atoms with van der Waals surface area (Å²) in [4.78, 5) is 2.03. The summed E-state index contributed by atoms with van der Waals surface area (Å²) in [5, 5.41) is 4.85. The summed E-state index contributed by atoms with van der Waals surface area (Å²) < 4.78 is 0. The van der Waals surface area contributed by atoms with Gasteiger partial charge in [-0.1, -0.05) is 35.3 Å². The highest BCUT2D eigenvalue weighted by atomic mass is 35.5. The number of nitrogens with zero attached hydrogens (tertiary/aromatic N) is 1. The highest BCUT2D eigenvalue weighted by Gasteiger charge is 2.11. The SMILES string of the molecule is CCN(C(=S)Nc1ccc(Cl)c(Cl)c1)c1cccc(C)c1. The molecular weight excluding hydrogens is 323 g/mol. The molecule has 0 saturated carbocycles. The molecule has 0 saturated heterocycles. The van der Waals surface area contributed by atoms with Crippen LogP contribution in [0.5, 0.6) is 0 Å². The number of thiocarbonyl (C=S) groups is 1. The van der Waals surface area contributed by atoms with Crippen molar-refractivity contribution in [3.8, 4) is 0 Å². The van der Waals surface area contributed by atoms with Crippen molar-refractivity contribution in [3.63, 3.8) is 0 Å². The molecule has 0 amide bonds. The van der Waals surface area contributed by atoms with E-state index in [-0.39, 0.29) is 0 Å². The fraction of sp³-hybridized carbons (Fsp3) is 0.188. The lowest BCUT2D eigenvalue weighted by molar-refractivity contribution is 1.06. The minimum absolute atomic E-state index is 0.503. The molecule has 1 N–H and O–H groups in total. The van der Waals surface area contributed by atoms with E-state index in [9.17, 15) is 0 Å². The Morgan fingerprint density at radius 1 is 1.14 bits per heavy atom. The van der Waals surface area contributed by atoms with Crippen molar-refractivity contribution in [1.29, 1.82) is 0 Å². The topological polar surface area (TPSA) is 15.3 Å². The van der Waals surface area contributed by atoms with Crippen molar-refractivity contribution in [2.45, 2.75) is 13.8 Å². The predicted molar refractivity (Wildman–Crippen MR) is 96.9 cm³/mol. The van der Waals surface area contributed by atoms with Gasteiger partial charge in [0, 0.05) is 17.9 Å². The molecule has 0 spiro atoms. The van der Waals surface area contributed by atoms with Gasteiger partial charge in [0.2, 0.25) is 0 Å². The lowest BCUT2D eigenvalue weighted by atomic mass is 10.2. The van der Waals surface area contributed by atoms with E-state index in [0.29, 0.717) is 15.2 Å². The average molecular weight is 339 g/mol. The number of aryl methyl sites for hydroxylation is 1. The molecule has 2 rings (SSSR count). The molecule has 21 heavy (non-hydrogen) atoms. The van der Waals surface area contributed by atoms with Crippen LogP contribution >= 0.6 is 35.4 Å². The first-order valence-electron chi connectivity index (χ1n) is 6.61. The first kappa shape index (κ1) is 16.1. The Morgan fingerprint density at radius 2 is 1.90 bits per heavy atom. The normalized spacial score (nSPS) is 10.3. The zero-order chi connectivity index (χ0) is 15.4. The zero-order valence-electron chi connectivity index (χ0n) is 11.9. The van der Waals surface area contributed by atoms with Gasteiger partial charge in [-0.2, -0.15) is 0 Å². The van der Waals surface area contributed by atoms with Crippen LogP contribution in [0.3, 0.4) is 0 Å². The maximum Gasteiger partial charge on any atom is 0.177 e. The Balaban J connectivity index is 2.18. The van der Waals surface area contributed by atoms with Crippen molar-refractivity contribution < 1.29 is 0 Å². The summed E-state index contributed by atoms with van der Waals surface area (Å²) in [6.07, 6.45) is 0. The molecule has 0 unspecified atom stereocenters. The molecule has 0 atom stereocenters. The van der Waals surface area contributed by atoms with E-state index < -0.39 is 0 Å². The molecule has 0 aliphatic heterocycles. The Kier molecular flexibility index (Phi) is 5.45. The molecule has 0 bridgehead atoms. The molecule has 5 heteroatoms. The summed E-state index contributed by atoms with van der Waals surface area (Å²) >= 11 is 17.4. The number of rotatable bonds is 3. The minimum Gasteiger partial charge on any atom is -0.332 e. The van der Waals surface area contributed by atoms with E-state index in [2.05, 4.69) is 31.3 Å². The predicted octanol–water partition coefficient (Wildman–Crippen LogP) is 5.53. The van der Waals surface area contributed by atoms with Gasteiger partial charge < -0.3 is 10.2 Å². The van der Waals surface area contributed by atoms with E-state index in [1.54, 1.807) is 12.1 Å². The van der Waals surface area contributed by atoms with Crippen molar-refractivity contribution in [3.05, 3.63) is 58.1 Å². The van der Waals surface area contributed by atoms with E-state index >= 15 is 0 Å². The van der Waals surface area contributed by atoms with E-state index in [1.165, 1.54) is 5.56 Å². The first-order valence-corrected chi connectivity index (χ1v) is 7.78. The number of nitrogens with one attached hydrogen (secondary N) is 1. The Hall–Kier alpha value is -1.29. The Morgan fingerprint density at radius 3 is 2.52 bits per heavy atom. The minimum atomic E-state index is 0.503. The van der Waals surface area contributed by atoms with Gasteiger partial charge >= 0.3 is 0 Å². The highest BCUT2D eigenvalue weighted by molar-refractivity contribution is 7.80. The monoisotopic (exact) mass is 338 g/mol. The molecule has 2 aromatic rings. The molecule has 2 nitrogen and oxygen atoms in total. The molecular formula is C16H16Cl2N2S. The van der Waals surface area contributed by atoms with E-state index in [1.807, 2.05) is 23.1 Å². The summed E-state index contributed by atoms with van der Waals surface area (Å²) in [5.74, 6) is 0. The first-order chi connectivity index (χ1) is 10.0. The van der Waals surface area contributed by atoms with Crippen LogP contribution in [-0.2, 0) is 0 Å². The maximum absolute atomic E-state index is 6.02. The van der Waals surface area contributed by atoms with Crippen LogP contribution in [0.1, 0.15) is 12.5 Å². The number of hydrogen-bond acceptors (Lipinski definition) is 1. The van der Waals surface area contributed by atoms with Crippen LogP contribution in [0, 0.1) is 6.92 Å². The summed E-state index contributed by atoms with van der Waals surface area (Å²) in [7, 11) is 0. The standard InChI is InChI=1S/C16H16Cl2N2S/c1-3-20(13-6-4-5-11(2)9-13)16(21)19-12-7-8-14(17)15(18)10-12/h4-10H,3H2,1-2H3,(H,19,21). The van der Waals surface area contributed by atoms with Crippen LogP contribution < -0.4 is 10.2 Å². The second-order valence-electron chi connectivity index (χ2n) is 4.64. The van der Waals surface area contributed by atoms with Gasteiger partial charge in [-0.05, 0) is 62.0 Å². The quantitative estimate of drug-likeness (QED) is 0.741. The molecule has 0 aliphatic carbocycles. The van der Waals surface area contributed by atoms with Gasteiger partial charge in [0.05, 0.1) is 10.0 Å². The van der Waals surface area contributed by atoms with Gasteiger partial charge in [0.1, 0.15) is 0 Å². The number of benzene rings is 2. The molecule has 0 heterocycles. The molecule has 0 radical (unpaired) electrons. The fourth-order valence-corrected chi connectivity index (χ4v) is 2.65. The van der Waals surface area contributed by atoms with Gasteiger partial charge in [-0.15, -0.1) is 0 Å². The largest absolute Gasteiger partial charge is 0.332 e. The third-order valence-corrected chi connectivity index (χ3v) is 4.11. The van der Waals surface area contributed by atoms with Gasteiger partial charge in [-0.3, -0.25) is 0 Å². The van der Waals surface area contributed by atoms with Crippen molar-refractivity contribution in [2.24, 2.45) is 0 Å². The smallest absolute Gasteiger partial charge is 0.177 e. The highest BCUT2D eigenvalue weighted by Crippen LogP contribution is 2.25. The second-order valence-corrected chi connectivity index (χ2v) is 5.84. The third-order valence-electron chi connectivity index (χ3n) is 3.05. The van der Waals surface area contributed by atoms with Crippen LogP contribution in [-0.4, -0.2) is 11.7 Å². The van der Waals surface area contributed by atoms with Gasteiger partial charge in [-0.25, -0.2) is 0 Å². The van der Waals surface area contributed by atoms with Crippen LogP contribution in [0.2, 0.25) is 10.0 Å². The van der Waals surface area contributed by atoms with Crippen LogP contribution in [0.15, 0.2) is 42.5 Å². The second kappa shape index (κ2) is 7.12. The van der Waals surface area contributed by atoms with E-state index in [0.717, 1.165) is 17.9 Å². The van der Waals surface area contributed by atoms with Crippen molar-refractivity contribution in [1.82, 2.24) is 0 Å². The van der Waals surface area contributed by atoms with Crippen molar-refractivity contribution >= 4 is 51.9 Å². The van der Waals surface area contributed by atoms with Crippen LogP contribution in [0.25, 0.3) is 0 Å². The number of halogens is 2. The summed E-state index contributed by atoms with van der Waals surface area (Å²) in [6, 6.07) is 13.6. The molecule has 0 aliphatic rings. The van der Waals surface area contributed by atoms with Gasteiger partial charge in [0.15, 0.2) is 5.11 Å².